The quantitative estimate of drug-likeness (QED) is 0.336. The van der Waals surface area contributed by atoms with E-state index in [0.717, 1.165) is 36.6 Å². The SMILES string of the molecule is O=C(O)/C(=C\c1cccc(C(F)(F)F)c1)C(=O)[C@H]1CC[C@H](c2ccc(Cl)cc2)CC1. The summed E-state index contributed by atoms with van der Waals surface area (Å²) in [7, 11) is 0. The van der Waals surface area contributed by atoms with Crippen LogP contribution in [-0.4, -0.2) is 16.9 Å². The maximum Gasteiger partial charge on any atom is 0.416 e. The van der Waals surface area contributed by atoms with Crippen LogP contribution in [0.3, 0.4) is 0 Å². The molecule has 1 aliphatic rings. The van der Waals surface area contributed by atoms with Crippen molar-refractivity contribution >= 4 is 29.4 Å². The van der Waals surface area contributed by atoms with Gasteiger partial charge in [0.25, 0.3) is 0 Å². The number of carbonyl (C=O) groups excluding carboxylic acids is 1. The van der Waals surface area contributed by atoms with E-state index in [1.165, 1.54) is 12.1 Å². The predicted octanol–water partition coefficient (Wildman–Crippen LogP) is 6.37. The number of carbonyl (C=O) groups is 2. The zero-order chi connectivity index (χ0) is 21.9. The fourth-order valence-corrected chi connectivity index (χ4v) is 3.98. The number of alkyl halides is 3. The Morgan fingerprint density at radius 1 is 1.00 bits per heavy atom. The van der Waals surface area contributed by atoms with Gasteiger partial charge in [-0.05, 0) is 73.1 Å². The molecule has 1 saturated carbocycles. The van der Waals surface area contributed by atoms with E-state index in [4.69, 9.17) is 11.6 Å². The molecular formula is C23H20ClF3O3. The second-order valence-corrected chi connectivity index (χ2v) is 7.89. The second kappa shape index (κ2) is 9.04. The minimum atomic E-state index is -4.54. The lowest BCUT2D eigenvalue weighted by atomic mass is 9.76. The van der Waals surface area contributed by atoms with Crippen LogP contribution in [-0.2, 0) is 15.8 Å². The number of carboxylic acid groups (broad SMARTS) is 1. The first-order chi connectivity index (χ1) is 14.1. The lowest BCUT2D eigenvalue weighted by Gasteiger charge is -2.28. The molecule has 1 N–H and O–H groups in total. The molecule has 0 radical (unpaired) electrons. The van der Waals surface area contributed by atoms with E-state index < -0.39 is 35.0 Å². The molecule has 3 nitrogen and oxygen atoms in total. The van der Waals surface area contributed by atoms with E-state index in [-0.39, 0.29) is 11.5 Å². The van der Waals surface area contributed by atoms with Gasteiger partial charge in [0.15, 0.2) is 5.78 Å². The second-order valence-electron chi connectivity index (χ2n) is 7.45. The Kier molecular flexibility index (Phi) is 6.66. The number of rotatable bonds is 5. The van der Waals surface area contributed by atoms with Crippen molar-refractivity contribution in [3.05, 3.63) is 75.8 Å². The van der Waals surface area contributed by atoms with Crippen molar-refractivity contribution in [1.82, 2.24) is 0 Å². The topological polar surface area (TPSA) is 54.4 Å². The number of hydrogen-bond donors (Lipinski definition) is 1. The predicted molar refractivity (Wildman–Crippen MR) is 108 cm³/mol. The van der Waals surface area contributed by atoms with Gasteiger partial charge < -0.3 is 5.11 Å². The molecule has 158 valence electrons. The standard InChI is InChI=1S/C23H20ClF3O3/c24-19-10-8-16(9-11-19)15-4-6-17(7-5-15)21(28)20(22(29)30)13-14-2-1-3-18(12-14)23(25,26)27/h1-3,8-13,15,17H,4-7H2,(H,29,30)/b20-13-/t15-,17-. The third-order valence-electron chi connectivity index (χ3n) is 5.46. The number of benzene rings is 2. The first-order valence-electron chi connectivity index (χ1n) is 9.57. The van der Waals surface area contributed by atoms with Crippen molar-refractivity contribution < 1.29 is 27.9 Å². The molecule has 30 heavy (non-hydrogen) atoms. The van der Waals surface area contributed by atoms with Crippen molar-refractivity contribution in [2.75, 3.05) is 0 Å². The highest BCUT2D eigenvalue weighted by Gasteiger charge is 2.32. The van der Waals surface area contributed by atoms with Gasteiger partial charge in [-0.3, -0.25) is 4.79 Å². The zero-order valence-electron chi connectivity index (χ0n) is 16.0. The number of Topliss-reactive ketones (excluding diaryl/α,β-unsaturated/α-hetero) is 1. The van der Waals surface area contributed by atoms with E-state index in [1.807, 2.05) is 24.3 Å². The molecule has 0 atom stereocenters. The minimum Gasteiger partial charge on any atom is -0.478 e. The normalized spacial score (nSPS) is 20.1. The molecule has 1 fully saturated rings. The molecule has 0 aromatic heterocycles. The smallest absolute Gasteiger partial charge is 0.416 e. The highest BCUT2D eigenvalue weighted by molar-refractivity contribution is 6.30. The summed E-state index contributed by atoms with van der Waals surface area (Å²) < 4.78 is 38.7. The fraction of sp³-hybridized carbons (Fsp3) is 0.304. The minimum absolute atomic E-state index is 0.0328. The molecule has 7 heteroatoms. The van der Waals surface area contributed by atoms with Crippen molar-refractivity contribution in [3.8, 4) is 0 Å². The highest BCUT2D eigenvalue weighted by atomic mass is 35.5. The number of aliphatic carboxylic acids is 1. The average molecular weight is 437 g/mol. The summed E-state index contributed by atoms with van der Waals surface area (Å²) in [6.07, 6.45) is -0.996. The lowest BCUT2D eigenvalue weighted by Crippen LogP contribution is -2.25. The van der Waals surface area contributed by atoms with Gasteiger partial charge in [0.2, 0.25) is 0 Å². The summed E-state index contributed by atoms with van der Waals surface area (Å²) in [5, 5.41) is 10.1. The van der Waals surface area contributed by atoms with E-state index >= 15 is 0 Å². The Hall–Kier alpha value is -2.60. The maximum absolute atomic E-state index is 12.9. The van der Waals surface area contributed by atoms with Crippen molar-refractivity contribution in [2.24, 2.45) is 5.92 Å². The number of carboxylic acids is 1. The molecule has 0 amide bonds. The summed E-state index contributed by atoms with van der Waals surface area (Å²) in [4.78, 5) is 24.5. The van der Waals surface area contributed by atoms with E-state index in [1.54, 1.807) is 0 Å². The van der Waals surface area contributed by atoms with Gasteiger partial charge in [-0.2, -0.15) is 13.2 Å². The summed E-state index contributed by atoms with van der Waals surface area (Å²) in [6, 6.07) is 11.8. The largest absolute Gasteiger partial charge is 0.478 e. The van der Waals surface area contributed by atoms with E-state index in [9.17, 15) is 27.9 Å². The molecule has 1 aliphatic carbocycles. The van der Waals surface area contributed by atoms with Crippen LogP contribution < -0.4 is 0 Å². The molecule has 0 saturated heterocycles. The lowest BCUT2D eigenvalue weighted by molar-refractivity contribution is -0.138. The van der Waals surface area contributed by atoms with Crippen LogP contribution in [0.5, 0.6) is 0 Å². The third kappa shape index (κ3) is 5.30. The molecule has 2 aromatic rings. The molecule has 0 heterocycles. The average Bonchev–Trinajstić information content (AvgIpc) is 2.72. The van der Waals surface area contributed by atoms with Crippen LogP contribution in [0.1, 0.15) is 48.3 Å². The molecule has 0 spiro atoms. The maximum atomic E-state index is 12.9. The van der Waals surface area contributed by atoms with Gasteiger partial charge >= 0.3 is 12.1 Å². The van der Waals surface area contributed by atoms with Crippen LogP contribution in [0.2, 0.25) is 5.02 Å². The first kappa shape index (κ1) is 22.1. The Bertz CT molecular complexity index is 956. The number of hydrogen-bond acceptors (Lipinski definition) is 2. The molecule has 0 unspecified atom stereocenters. The monoisotopic (exact) mass is 436 g/mol. The molecule has 2 aromatic carbocycles. The van der Waals surface area contributed by atoms with E-state index in [2.05, 4.69) is 0 Å². The van der Waals surface area contributed by atoms with Gasteiger partial charge in [0.05, 0.1) is 5.56 Å². The first-order valence-corrected chi connectivity index (χ1v) is 9.95. The zero-order valence-corrected chi connectivity index (χ0v) is 16.7. The summed E-state index contributed by atoms with van der Waals surface area (Å²) >= 11 is 5.91. The van der Waals surface area contributed by atoms with Crippen LogP contribution in [0.4, 0.5) is 13.2 Å². The molecular weight excluding hydrogens is 417 g/mol. The Balaban J connectivity index is 1.74. The molecule has 3 rings (SSSR count). The van der Waals surface area contributed by atoms with Crippen molar-refractivity contribution in [2.45, 2.75) is 37.8 Å². The summed E-state index contributed by atoms with van der Waals surface area (Å²) in [6.45, 7) is 0. The van der Waals surface area contributed by atoms with Gasteiger partial charge in [-0.15, -0.1) is 0 Å². The van der Waals surface area contributed by atoms with E-state index in [0.29, 0.717) is 17.9 Å². The van der Waals surface area contributed by atoms with Crippen LogP contribution in [0.15, 0.2) is 54.1 Å². The summed E-state index contributed by atoms with van der Waals surface area (Å²) in [5.74, 6) is -2.15. The fourth-order valence-electron chi connectivity index (χ4n) is 3.85. The van der Waals surface area contributed by atoms with Crippen molar-refractivity contribution in [1.29, 1.82) is 0 Å². The van der Waals surface area contributed by atoms with Crippen molar-refractivity contribution in [3.63, 3.8) is 0 Å². The van der Waals surface area contributed by atoms with Gasteiger partial charge in [-0.1, -0.05) is 35.9 Å². The Morgan fingerprint density at radius 2 is 1.63 bits per heavy atom. The molecule has 0 aliphatic heterocycles. The van der Waals surface area contributed by atoms with Crippen LogP contribution >= 0.6 is 11.6 Å². The van der Waals surface area contributed by atoms with Crippen LogP contribution in [0, 0.1) is 5.92 Å². The summed E-state index contributed by atoms with van der Waals surface area (Å²) in [5.41, 5.74) is -0.213. The number of halogens is 4. The van der Waals surface area contributed by atoms with Gasteiger partial charge in [0.1, 0.15) is 5.57 Å². The Labute approximate surface area is 177 Å². The highest BCUT2D eigenvalue weighted by Crippen LogP contribution is 2.37. The third-order valence-corrected chi connectivity index (χ3v) is 5.71. The van der Waals surface area contributed by atoms with Crippen LogP contribution in [0.25, 0.3) is 6.08 Å². The molecule has 0 bridgehead atoms. The number of ketones is 1. The van der Waals surface area contributed by atoms with Gasteiger partial charge in [0, 0.05) is 10.9 Å². The van der Waals surface area contributed by atoms with Gasteiger partial charge in [-0.25, -0.2) is 4.79 Å². The Morgan fingerprint density at radius 3 is 2.20 bits per heavy atom.